The third-order valence-corrected chi connectivity index (χ3v) is 3.47. The van der Waals surface area contributed by atoms with Crippen LogP contribution in [0.5, 0.6) is 5.75 Å². The number of carboxylic acids is 1. The van der Waals surface area contributed by atoms with Gasteiger partial charge in [-0.25, -0.2) is 4.79 Å². The first-order chi connectivity index (χ1) is 9.93. The maximum Gasteiger partial charge on any atom is 0.337 e. The summed E-state index contributed by atoms with van der Waals surface area (Å²) in [6.07, 6.45) is 0. The summed E-state index contributed by atoms with van der Waals surface area (Å²) in [5.74, 6) is -0.556. The summed E-state index contributed by atoms with van der Waals surface area (Å²) in [5, 5.41) is 12.8. The number of carbonyl (C=O) groups is 1. The number of rotatable bonds is 4. The molecule has 0 saturated carbocycles. The molecule has 21 heavy (non-hydrogen) atoms. The van der Waals surface area contributed by atoms with Crippen molar-refractivity contribution in [1.82, 2.24) is 0 Å². The summed E-state index contributed by atoms with van der Waals surface area (Å²) in [5.41, 5.74) is 8.06. The van der Waals surface area contributed by atoms with E-state index in [1.54, 1.807) is 24.3 Å². The second-order valence-electron chi connectivity index (χ2n) is 4.50. The van der Waals surface area contributed by atoms with Crippen molar-refractivity contribution < 1.29 is 14.6 Å². The fourth-order valence-electron chi connectivity index (χ4n) is 1.95. The van der Waals surface area contributed by atoms with Gasteiger partial charge in [-0.2, -0.15) is 0 Å². The zero-order valence-corrected chi connectivity index (χ0v) is 12.4. The van der Waals surface area contributed by atoms with E-state index in [9.17, 15) is 9.90 Å². The Kier molecular flexibility index (Phi) is 4.23. The molecule has 0 saturated heterocycles. The minimum absolute atomic E-state index is 0.0876. The highest BCUT2D eigenvalue weighted by Crippen LogP contribution is 2.35. The highest BCUT2D eigenvalue weighted by molar-refractivity contribution is 6.31. The van der Waals surface area contributed by atoms with Crippen LogP contribution in [-0.2, 0) is 0 Å². The highest BCUT2D eigenvalue weighted by atomic mass is 35.5. The number of hydrogen-bond acceptors (Lipinski definition) is 4. The first kappa shape index (κ1) is 15.0. The summed E-state index contributed by atoms with van der Waals surface area (Å²) >= 11 is 6.05. The number of ether oxygens (including phenoxy) is 1. The monoisotopic (exact) mass is 306 g/mol. The lowest BCUT2D eigenvalue weighted by atomic mass is 10.1. The Morgan fingerprint density at radius 1 is 1.38 bits per heavy atom. The van der Waals surface area contributed by atoms with Gasteiger partial charge in [-0.1, -0.05) is 17.7 Å². The van der Waals surface area contributed by atoms with Crippen LogP contribution in [0.4, 0.5) is 17.1 Å². The standard InChI is InChI=1S/C15H15ClN2O3/c1-8-6-12(13(21-2)7-10(8)16)18-14-9(15(19)20)4-3-5-11(14)17/h3-7,18H,17H2,1-2H3,(H,19,20). The van der Waals surface area contributed by atoms with E-state index < -0.39 is 5.97 Å². The molecule has 5 nitrogen and oxygen atoms in total. The number of anilines is 3. The van der Waals surface area contributed by atoms with Crippen molar-refractivity contribution in [3.05, 3.63) is 46.5 Å². The number of halogens is 1. The molecular formula is C15H15ClN2O3. The first-order valence-corrected chi connectivity index (χ1v) is 6.54. The van der Waals surface area contributed by atoms with Gasteiger partial charge in [0, 0.05) is 11.1 Å². The van der Waals surface area contributed by atoms with Crippen LogP contribution >= 0.6 is 11.6 Å². The van der Waals surface area contributed by atoms with Crippen LogP contribution in [-0.4, -0.2) is 18.2 Å². The number of hydrogen-bond donors (Lipinski definition) is 3. The third-order valence-electron chi connectivity index (χ3n) is 3.07. The van der Waals surface area contributed by atoms with Gasteiger partial charge in [0.25, 0.3) is 0 Å². The minimum Gasteiger partial charge on any atom is -0.495 e. The Morgan fingerprint density at radius 3 is 2.71 bits per heavy atom. The van der Waals surface area contributed by atoms with Gasteiger partial charge in [0.05, 0.1) is 29.7 Å². The molecule has 6 heteroatoms. The van der Waals surface area contributed by atoms with E-state index in [-0.39, 0.29) is 5.56 Å². The topological polar surface area (TPSA) is 84.6 Å². The molecule has 0 spiro atoms. The average Bonchev–Trinajstić information content (AvgIpc) is 2.44. The van der Waals surface area contributed by atoms with E-state index in [4.69, 9.17) is 22.1 Å². The number of methoxy groups -OCH3 is 1. The maximum absolute atomic E-state index is 11.3. The van der Waals surface area contributed by atoms with Gasteiger partial charge in [0.2, 0.25) is 0 Å². The molecule has 0 aliphatic carbocycles. The summed E-state index contributed by atoms with van der Waals surface area (Å²) in [6.45, 7) is 1.85. The summed E-state index contributed by atoms with van der Waals surface area (Å²) in [4.78, 5) is 11.3. The molecule has 0 aliphatic rings. The number of aryl methyl sites for hydroxylation is 1. The Labute approximate surface area is 127 Å². The summed E-state index contributed by atoms with van der Waals surface area (Å²) < 4.78 is 5.26. The second kappa shape index (κ2) is 5.93. The molecule has 0 bridgehead atoms. The van der Waals surface area contributed by atoms with Crippen LogP contribution in [0.2, 0.25) is 5.02 Å². The molecule has 0 atom stereocenters. The van der Waals surface area contributed by atoms with Crippen LogP contribution in [0, 0.1) is 6.92 Å². The van der Waals surface area contributed by atoms with E-state index >= 15 is 0 Å². The molecule has 110 valence electrons. The molecule has 0 aromatic heterocycles. The van der Waals surface area contributed by atoms with Gasteiger partial charge < -0.3 is 20.9 Å². The Morgan fingerprint density at radius 2 is 2.10 bits per heavy atom. The second-order valence-corrected chi connectivity index (χ2v) is 4.91. The Bertz CT molecular complexity index is 702. The van der Waals surface area contributed by atoms with Gasteiger partial charge in [-0.05, 0) is 30.7 Å². The Hall–Kier alpha value is -2.40. The number of nitrogens with one attached hydrogen (secondary N) is 1. The smallest absolute Gasteiger partial charge is 0.337 e. The lowest BCUT2D eigenvalue weighted by Crippen LogP contribution is -2.06. The number of aromatic carboxylic acids is 1. The van der Waals surface area contributed by atoms with Crippen molar-refractivity contribution in [2.75, 3.05) is 18.2 Å². The largest absolute Gasteiger partial charge is 0.495 e. The van der Waals surface area contributed by atoms with Crippen molar-refractivity contribution in [3.63, 3.8) is 0 Å². The normalized spacial score (nSPS) is 10.2. The number of nitrogen functional groups attached to an aromatic ring is 1. The molecule has 0 heterocycles. The zero-order chi connectivity index (χ0) is 15.6. The number of para-hydroxylation sites is 1. The molecule has 2 rings (SSSR count). The predicted molar refractivity (Wildman–Crippen MR) is 83.8 cm³/mol. The van der Waals surface area contributed by atoms with Crippen LogP contribution in [0.3, 0.4) is 0 Å². The van der Waals surface area contributed by atoms with E-state index in [1.165, 1.54) is 13.2 Å². The summed E-state index contributed by atoms with van der Waals surface area (Å²) in [7, 11) is 1.51. The van der Waals surface area contributed by atoms with Crippen molar-refractivity contribution in [2.24, 2.45) is 0 Å². The predicted octanol–water partition coefficient (Wildman–Crippen LogP) is 3.68. The first-order valence-electron chi connectivity index (χ1n) is 6.17. The van der Waals surface area contributed by atoms with E-state index in [0.29, 0.717) is 27.8 Å². The SMILES string of the molecule is COc1cc(Cl)c(C)cc1Nc1c(N)cccc1C(=O)O. The molecular weight excluding hydrogens is 292 g/mol. The molecule has 0 fully saturated rings. The molecule has 2 aromatic carbocycles. The molecule has 0 radical (unpaired) electrons. The highest BCUT2D eigenvalue weighted by Gasteiger charge is 2.15. The molecule has 0 unspecified atom stereocenters. The van der Waals surface area contributed by atoms with Gasteiger partial charge in [-0.15, -0.1) is 0 Å². The van der Waals surface area contributed by atoms with Gasteiger partial charge in [-0.3, -0.25) is 0 Å². The van der Waals surface area contributed by atoms with Gasteiger partial charge >= 0.3 is 5.97 Å². The van der Waals surface area contributed by atoms with E-state index in [2.05, 4.69) is 5.32 Å². The fourth-order valence-corrected chi connectivity index (χ4v) is 2.11. The summed E-state index contributed by atoms with van der Waals surface area (Å²) in [6, 6.07) is 8.15. The van der Waals surface area contributed by atoms with Crippen LogP contribution in [0.1, 0.15) is 15.9 Å². The Balaban J connectivity index is 2.53. The zero-order valence-electron chi connectivity index (χ0n) is 11.6. The van der Waals surface area contributed by atoms with E-state index in [1.807, 2.05) is 6.92 Å². The van der Waals surface area contributed by atoms with Crippen molar-refractivity contribution in [3.8, 4) is 5.75 Å². The lowest BCUT2D eigenvalue weighted by molar-refractivity contribution is 0.0698. The fraction of sp³-hybridized carbons (Fsp3) is 0.133. The number of nitrogens with two attached hydrogens (primary N) is 1. The van der Waals surface area contributed by atoms with Crippen LogP contribution in [0.25, 0.3) is 0 Å². The molecule has 2 aromatic rings. The maximum atomic E-state index is 11.3. The lowest BCUT2D eigenvalue weighted by Gasteiger charge is -2.16. The van der Waals surface area contributed by atoms with Crippen molar-refractivity contribution in [1.29, 1.82) is 0 Å². The molecule has 4 N–H and O–H groups in total. The third kappa shape index (κ3) is 3.03. The van der Waals surface area contributed by atoms with Gasteiger partial charge in [0.1, 0.15) is 5.75 Å². The van der Waals surface area contributed by atoms with Gasteiger partial charge in [0.15, 0.2) is 0 Å². The van der Waals surface area contributed by atoms with E-state index in [0.717, 1.165) is 5.56 Å². The number of carboxylic acid groups (broad SMARTS) is 1. The van der Waals surface area contributed by atoms with Crippen LogP contribution in [0.15, 0.2) is 30.3 Å². The molecule has 0 aliphatic heterocycles. The van der Waals surface area contributed by atoms with Crippen molar-refractivity contribution in [2.45, 2.75) is 6.92 Å². The average molecular weight is 307 g/mol. The quantitative estimate of drug-likeness (QED) is 0.750. The minimum atomic E-state index is -1.06. The van der Waals surface area contributed by atoms with Crippen molar-refractivity contribution >= 4 is 34.6 Å². The van der Waals surface area contributed by atoms with Crippen LogP contribution < -0.4 is 15.8 Å². The number of benzene rings is 2. The molecule has 0 amide bonds.